The van der Waals surface area contributed by atoms with Crippen LogP contribution in [0.25, 0.3) is 0 Å². The Morgan fingerprint density at radius 3 is 2.43 bits per heavy atom. The summed E-state index contributed by atoms with van der Waals surface area (Å²) in [7, 11) is 0. The normalized spacial score (nSPS) is 11.7. The van der Waals surface area contributed by atoms with Gasteiger partial charge >= 0.3 is 5.97 Å². The van der Waals surface area contributed by atoms with Gasteiger partial charge in [0.25, 0.3) is 5.91 Å². The van der Waals surface area contributed by atoms with Crippen molar-refractivity contribution in [3.63, 3.8) is 0 Å². The van der Waals surface area contributed by atoms with Crippen molar-refractivity contribution in [2.24, 2.45) is 0 Å². The summed E-state index contributed by atoms with van der Waals surface area (Å²) in [6.45, 7) is 5.27. The summed E-state index contributed by atoms with van der Waals surface area (Å²) in [6.07, 6.45) is -1.04. The second-order valence-electron chi connectivity index (χ2n) is 5.32. The van der Waals surface area contributed by atoms with Crippen molar-refractivity contribution in [2.45, 2.75) is 26.9 Å². The molecule has 0 fully saturated rings. The first-order chi connectivity index (χ1) is 10.9. The van der Waals surface area contributed by atoms with Crippen molar-refractivity contribution in [1.29, 1.82) is 0 Å². The van der Waals surface area contributed by atoms with E-state index in [1.54, 1.807) is 18.2 Å². The number of nitrogens with one attached hydrogen (secondary N) is 1. The smallest absolute Gasteiger partial charge is 0.338 e. The van der Waals surface area contributed by atoms with Crippen LogP contribution in [0.1, 0.15) is 28.4 Å². The number of hydrogen-bond donors (Lipinski definition) is 1. The highest BCUT2D eigenvalue weighted by Gasteiger charge is 2.20. The van der Waals surface area contributed by atoms with Crippen LogP contribution in [0.4, 0.5) is 10.1 Å². The van der Waals surface area contributed by atoms with E-state index < -0.39 is 23.8 Å². The third-order valence-electron chi connectivity index (χ3n) is 3.53. The van der Waals surface area contributed by atoms with Crippen LogP contribution in [0.2, 0.25) is 0 Å². The quantitative estimate of drug-likeness (QED) is 0.877. The lowest BCUT2D eigenvalue weighted by atomic mass is 10.1. The predicted molar refractivity (Wildman–Crippen MR) is 85.8 cm³/mol. The first-order valence-corrected chi connectivity index (χ1v) is 7.22. The zero-order chi connectivity index (χ0) is 17.0. The van der Waals surface area contributed by atoms with Gasteiger partial charge in [0.1, 0.15) is 5.82 Å². The number of aryl methyl sites for hydroxylation is 2. The summed E-state index contributed by atoms with van der Waals surface area (Å²) < 4.78 is 18.6. The highest BCUT2D eigenvalue weighted by molar-refractivity contribution is 5.97. The summed E-state index contributed by atoms with van der Waals surface area (Å²) in [5.74, 6) is -1.73. The number of para-hydroxylation sites is 1. The molecule has 2 aromatic rings. The van der Waals surface area contributed by atoms with Gasteiger partial charge in [-0.05, 0) is 56.2 Å². The number of benzene rings is 2. The Hall–Kier alpha value is -2.69. The number of amides is 1. The number of carbonyl (C=O) groups excluding carboxylic acids is 2. The minimum Gasteiger partial charge on any atom is -0.449 e. The lowest BCUT2D eigenvalue weighted by Gasteiger charge is -2.14. The topological polar surface area (TPSA) is 55.4 Å². The number of rotatable bonds is 4. The minimum atomic E-state index is -1.04. The number of ether oxygens (including phenoxy) is 1. The lowest BCUT2D eigenvalue weighted by Crippen LogP contribution is -2.30. The molecule has 0 aromatic heterocycles. The van der Waals surface area contributed by atoms with Crippen molar-refractivity contribution in [2.75, 3.05) is 5.32 Å². The number of anilines is 1. The van der Waals surface area contributed by atoms with Gasteiger partial charge in [-0.3, -0.25) is 4.79 Å². The van der Waals surface area contributed by atoms with E-state index >= 15 is 0 Å². The number of carbonyl (C=O) groups is 2. The summed E-state index contributed by atoms with van der Waals surface area (Å²) >= 11 is 0. The molecule has 0 spiro atoms. The third kappa shape index (κ3) is 4.16. The predicted octanol–water partition coefficient (Wildman–Crippen LogP) is 3.63. The molecule has 0 saturated carbocycles. The molecule has 1 atom stereocenters. The zero-order valence-corrected chi connectivity index (χ0v) is 13.2. The largest absolute Gasteiger partial charge is 0.449 e. The molecule has 0 aliphatic rings. The standard InChI is InChI=1S/C18H18FNO3/c1-11-8-9-14(10-12(11)2)18(22)23-13(3)17(21)20-16-7-5-4-6-15(16)19/h4-10,13H,1-3H3,(H,20,21). The van der Waals surface area contributed by atoms with Crippen LogP contribution in [0, 0.1) is 19.7 Å². The maximum absolute atomic E-state index is 13.5. The van der Waals surface area contributed by atoms with Crippen molar-refractivity contribution in [1.82, 2.24) is 0 Å². The molecule has 23 heavy (non-hydrogen) atoms. The van der Waals surface area contributed by atoms with E-state index in [-0.39, 0.29) is 5.69 Å². The summed E-state index contributed by atoms with van der Waals surface area (Å²) in [4.78, 5) is 24.1. The molecule has 1 unspecified atom stereocenters. The summed E-state index contributed by atoms with van der Waals surface area (Å²) in [5, 5.41) is 2.40. The van der Waals surface area contributed by atoms with Gasteiger partial charge in [-0.2, -0.15) is 0 Å². The Morgan fingerprint density at radius 1 is 1.09 bits per heavy atom. The van der Waals surface area contributed by atoms with Crippen molar-refractivity contribution in [3.05, 3.63) is 65.0 Å². The van der Waals surface area contributed by atoms with Gasteiger partial charge in [-0.25, -0.2) is 9.18 Å². The van der Waals surface area contributed by atoms with Crippen molar-refractivity contribution < 1.29 is 18.7 Å². The van der Waals surface area contributed by atoms with Crippen LogP contribution < -0.4 is 5.32 Å². The average Bonchev–Trinajstić information content (AvgIpc) is 2.52. The molecule has 120 valence electrons. The molecule has 0 radical (unpaired) electrons. The number of hydrogen-bond acceptors (Lipinski definition) is 3. The fraction of sp³-hybridized carbons (Fsp3) is 0.222. The Labute approximate surface area is 134 Å². The van der Waals surface area contributed by atoms with Crippen LogP contribution in [-0.2, 0) is 9.53 Å². The Kier molecular flexibility index (Phi) is 5.11. The molecule has 4 nitrogen and oxygen atoms in total. The molecule has 2 aromatic carbocycles. The second kappa shape index (κ2) is 7.05. The summed E-state index contributed by atoms with van der Waals surface area (Å²) in [5.41, 5.74) is 2.44. The monoisotopic (exact) mass is 315 g/mol. The highest BCUT2D eigenvalue weighted by Crippen LogP contribution is 2.14. The number of esters is 1. The Morgan fingerprint density at radius 2 is 1.78 bits per heavy atom. The molecule has 5 heteroatoms. The van der Waals surface area contributed by atoms with Crippen LogP contribution >= 0.6 is 0 Å². The van der Waals surface area contributed by atoms with E-state index in [4.69, 9.17) is 4.74 Å². The fourth-order valence-electron chi connectivity index (χ4n) is 1.95. The van der Waals surface area contributed by atoms with E-state index in [1.165, 1.54) is 25.1 Å². The average molecular weight is 315 g/mol. The molecule has 0 saturated heterocycles. The number of halogens is 1. The first-order valence-electron chi connectivity index (χ1n) is 7.22. The van der Waals surface area contributed by atoms with Gasteiger partial charge < -0.3 is 10.1 Å². The molecule has 1 amide bonds. The van der Waals surface area contributed by atoms with Crippen LogP contribution in [0.3, 0.4) is 0 Å². The third-order valence-corrected chi connectivity index (χ3v) is 3.53. The van der Waals surface area contributed by atoms with E-state index in [0.29, 0.717) is 5.56 Å². The summed E-state index contributed by atoms with van der Waals surface area (Å²) in [6, 6.07) is 11.0. The van der Waals surface area contributed by atoms with Crippen LogP contribution in [0.15, 0.2) is 42.5 Å². The maximum atomic E-state index is 13.5. The SMILES string of the molecule is Cc1ccc(C(=O)OC(C)C(=O)Nc2ccccc2F)cc1C. The fourth-order valence-corrected chi connectivity index (χ4v) is 1.95. The molecule has 0 aliphatic carbocycles. The van der Waals surface area contributed by atoms with Gasteiger partial charge in [-0.1, -0.05) is 18.2 Å². The van der Waals surface area contributed by atoms with Gasteiger partial charge in [0, 0.05) is 0 Å². The van der Waals surface area contributed by atoms with Crippen molar-refractivity contribution >= 4 is 17.6 Å². The van der Waals surface area contributed by atoms with Gasteiger partial charge in [0.2, 0.25) is 0 Å². The minimum absolute atomic E-state index is 0.0478. The first kappa shape index (κ1) is 16.7. The molecular weight excluding hydrogens is 297 g/mol. The van der Waals surface area contributed by atoms with Crippen molar-refractivity contribution in [3.8, 4) is 0 Å². The Bertz CT molecular complexity index is 743. The second-order valence-corrected chi connectivity index (χ2v) is 5.32. The molecule has 2 rings (SSSR count). The molecule has 0 heterocycles. The molecule has 0 aliphatic heterocycles. The van der Waals surface area contributed by atoms with Crippen LogP contribution in [-0.4, -0.2) is 18.0 Å². The molecular formula is C18H18FNO3. The van der Waals surface area contributed by atoms with E-state index in [2.05, 4.69) is 5.32 Å². The van der Waals surface area contributed by atoms with Crippen LogP contribution in [0.5, 0.6) is 0 Å². The van der Waals surface area contributed by atoms with E-state index in [0.717, 1.165) is 11.1 Å². The molecule has 1 N–H and O–H groups in total. The van der Waals surface area contributed by atoms with E-state index in [1.807, 2.05) is 19.9 Å². The zero-order valence-electron chi connectivity index (χ0n) is 13.2. The lowest BCUT2D eigenvalue weighted by molar-refractivity contribution is -0.123. The Balaban J connectivity index is 2.01. The van der Waals surface area contributed by atoms with Gasteiger partial charge in [0.05, 0.1) is 11.3 Å². The van der Waals surface area contributed by atoms with Gasteiger partial charge in [0.15, 0.2) is 6.10 Å². The highest BCUT2D eigenvalue weighted by atomic mass is 19.1. The molecule has 0 bridgehead atoms. The van der Waals surface area contributed by atoms with Gasteiger partial charge in [-0.15, -0.1) is 0 Å². The maximum Gasteiger partial charge on any atom is 0.338 e. The van der Waals surface area contributed by atoms with E-state index in [9.17, 15) is 14.0 Å².